The second-order valence-electron chi connectivity index (χ2n) is 2.94. The first-order valence-corrected chi connectivity index (χ1v) is 4.55. The van der Waals surface area contributed by atoms with Gasteiger partial charge < -0.3 is 21.5 Å². The van der Waals surface area contributed by atoms with E-state index >= 15 is 0 Å². The van der Waals surface area contributed by atoms with Crippen LogP contribution in [0, 0.1) is 0 Å². The lowest BCUT2D eigenvalue weighted by Crippen LogP contribution is -2.37. The molecule has 0 spiro atoms. The lowest BCUT2D eigenvalue weighted by molar-refractivity contribution is 0.0951. The molecule has 1 aromatic heterocycles. The van der Waals surface area contributed by atoms with E-state index in [0.29, 0.717) is 0 Å². The zero-order valence-corrected chi connectivity index (χ0v) is 8.43. The van der Waals surface area contributed by atoms with Crippen LogP contribution in [0.1, 0.15) is 10.4 Å². The van der Waals surface area contributed by atoms with Crippen LogP contribution >= 0.6 is 0 Å². The molecule has 1 aromatic rings. The summed E-state index contributed by atoms with van der Waals surface area (Å²) in [6.07, 6.45) is 2.58. The van der Waals surface area contributed by atoms with Crippen molar-refractivity contribution < 1.29 is 14.7 Å². The van der Waals surface area contributed by atoms with E-state index in [-0.39, 0.29) is 24.4 Å². The summed E-state index contributed by atoms with van der Waals surface area (Å²) in [6.45, 7) is 0.455. The first-order valence-electron chi connectivity index (χ1n) is 4.55. The van der Waals surface area contributed by atoms with E-state index in [2.05, 4.69) is 15.6 Å². The number of aromatic nitrogens is 1. The number of carbonyl (C=O) groups is 2. The molecule has 0 unspecified atom stereocenters. The van der Waals surface area contributed by atoms with E-state index in [0.717, 1.165) is 0 Å². The van der Waals surface area contributed by atoms with E-state index in [1.54, 1.807) is 0 Å². The normalized spacial score (nSPS) is 9.50. The van der Waals surface area contributed by atoms with Crippen molar-refractivity contribution in [3.63, 3.8) is 0 Å². The summed E-state index contributed by atoms with van der Waals surface area (Å²) < 4.78 is 0. The van der Waals surface area contributed by atoms with Gasteiger partial charge in [-0.1, -0.05) is 0 Å². The fraction of sp³-hybridized carbons (Fsp3) is 0.222. The van der Waals surface area contributed by atoms with Crippen LogP contribution in [0.3, 0.4) is 0 Å². The average molecular weight is 224 g/mol. The van der Waals surface area contributed by atoms with Gasteiger partial charge in [0.05, 0.1) is 11.8 Å². The number of amides is 3. The Balaban J connectivity index is 2.41. The van der Waals surface area contributed by atoms with E-state index in [1.165, 1.54) is 18.5 Å². The highest BCUT2D eigenvalue weighted by molar-refractivity contribution is 5.96. The van der Waals surface area contributed by atoms with Crippen molar-refractivity contribution in [2.24, 2.45) is 5.73 Å². The molecule has 0 aliphatic carbocycles. The van der Waals surface area contributed by atoms with Crippen LogP contribution in [-0.4, -0.2) is 35.1 Å². The maximum atomic E-state index is 11.5. The van der Waals surface area contributed by atoms with Crippen LogP contribution in [0.15, 0.2) is 18.5 Å². The SMILES string of the molecule is NC(=O)NCCNC(=O)c1ccncc1O. The summed E-state index contributed by atoms with van der Waals surface area (Å²) in [5.41, 5.74) is 4.97. The van der Waals surface area contributed by atoms with Gasteiger partial charge in [0.15, 0.2) is 0 Å². The molecule has 7 nitrogen and oxygen atoms in total. The molecule has 86 valence electrons. The molecule has 0 aliphatic rings. The molecule has 1 heterocycles. The highest BCUT2D eigenvalue weighted by Crippen LogP contribution is 2.12. The van der Waals surface area contributed by atoms with Crippen LogP contribution in [-0.2, 0) is 0 Å². The molecule has 16 heavy (non-hydrogen) atoms. The minimum atomic E-state index is -0.652. The summed E-state index contributed by atoms with van der Waals surface area (Å²) in [5, 5.41) is 14.1. The Bertz CT molecular complexity index is 394. The number of hydrogen-bond acceptors (Lipinski definition) is 4. The second kappa shape index (κ2) is 5.54. The van der Waals surface area contributed by atoms with Gasteiger partial charge in [0.2, 0.25) is 0 Å². The van der Waals surface area contributed by atoms with Crippen LogP contribution in [0.4, 0.5) is 4.79 Å². The van der Waals surface area contributed by atoms with Gasteiger partial charge >= 0.3 is 6.03 Å². The van der Waals surface area contributed by atoms with Gasteiger partial charge in [0, 0.05) is 19.3 Å². The molecule has 0 fully saturated rings. The predicted octanol–water partition coefficient (Wildman–Crippen LogP) is -0.815. The lowest BCUT2D eigenvalue weighted by Gasteiger charge is -2.06. The van der Waals surface area contributed by atoms with Crippen LogP contribution in [0.2, 0.25) is 0 Å². The van der Waals surface area contributed by atoms with E-state index in [4.69, 9.17) is 5.73 Å². The number of hydrogen-bond donors (Lipinski definition) is 4. The molecule has 0 saturated carbocycles. The first kappa shape index (κ1) is 11.8. The Labute approximate surface area is 91.7 Å². The van der Waals surface area contributed by atoms with Crippen molar-refractivity contribution in [2.45, 2.75) is 0 Å². The number of nitrogens with one attached hydrogen (secondary N) is 2. The van der Waals surface area contributed by atoms with Gasteiger partial charge in [0.25, 0.3) is 5.91 Å². The Morgan fingerprint density at radius 1 is 1.38 bits per heavy atom. The highest BCUT2D eigenvalue weighted by Gasteiger charge is 2.09. The summed E-state index contributed by atoms with van der Waals surface area (Å²) in [7, 11) is 0. The van der Waals surface area contributed by atoms with Crippen molar-refractivity contribution >= 4 is 11.9 Å². The van der Waals surface area contributed by atoms with Gasteiger partial charge in [-0.3, -0.25) is 9.78 Å². The van der Waals surface area contributed by atoms with Crippen LogP contribution in [0.5, 0.6) is 5.75 Å². The van der Waals surface area contributed by atoms with Crippen LogP contribution < -0.4 is 16.4 Å². The van der Waals surface area contributed by atoms with Gasteiger partial charge in [-0.2, -0.15) is 0 Å². The number of urea groups is 1. The van der Waals surface area contributed by atoms with Crippen molar-refractivity contribution in [2.75, 3.05) is 13.1 Å². The van der Waals surface area contributed by atoms with Gasteiger partial charge in [-0.25, -0.2) is 4.79 Å². The molecule has 0 aliphatic heterocycles. The Hall–Kier alpha value is -2.31. The number of nitrogens with zero attached hydrogens (tertiary/aromatic N) is 1. The number of primary amides is 1. The standard InChI is InChI=1S/C9H12N4O3/c10-9(16)13-4-3-12-8(15)6-1-2-11-5-7(6)14/h1-2,5,14H,3-4H2,(H,12,15)(H3,10,13,16). The van der Waals surface area contributed by atoms with E-state index < -0.39 is 11.9 Å². The maximum Gasteiger partial charge on any atom is 0.312 e. The number of pyridine rings is 1. The van der Waals surface area contributed by atoms with Crippen molar-refractivity contribution in [1.29, 1.82) is 0 Å². The summed E-state index contributed by atoms with van der Waals surface area (Å²) in [4.78, 5) is 25.4. The molecule has 0 bridgehead atoms. The molecular formula is C9H12N4O3. The fourth-order valence-corrected chi connectivity index (χ4v) is 1.04. The smallest absolute Gasteiger partial charge is 0.312 e. The topological polar surface area (TPSA) is 117 Å². The monoisotopic (exact) mass is 224 g/mol. The fourth-order valence-electron chi connectivity index (χ4n) is 1.04. The van der Waals surface area contributed by atoms with Gasteiger partial charge in [-0.05, 0) is 6.07 Å². The van der Waals surface area contributed by atoms with Gasteiger partial charge in [0.1, 0.15) is 5.75 Å². The van der Waals surface area contributed by atoms with Crippen molar-refractivity contribution in [3.05, 3.63) is 24.0 Å². The van der Waals surface area contributed by atoms with Crippen molar-refractivity contribution in [3.8, 4) is 5.75 Å². The second-order valence-corrected chi connectivity index (χ2v) is 2.94. The average Bonchev–Trinajstić information content (AvgIpc) is 2.24. The zero-order chi connectivity index (χ0) is 12.0. The maximum absolute atomic E-state index is 11.5. The lowest BCUT2D eigenvalue weighted by atomic mass is 10.2. The molecule has 1 rings (SSSR count). The largest absolute Gasteiger partial charge is 0.505 e. The third-order valence-corrected chi connectivity index (χ3v) is 1.75. The number of carbonyl (C=O) groups excluding carboxylic acids is 2. The Morgan fingerprint density at radius 2 is 2.06 bits per heavy atom. The molecule has 0 radical (unpaired) electrons. The first-order chi connectivity index (χ1) is 7.61. The third kappa shape index (κ3) is 3.45. The van der Waals surface area contributed by atoms with E-state index in [9.17, 15) is 14.7 Å². The number of nitrogens with two attached hydrogens (primary N) is 1. The quantitative estimate of drug-likeness (QED) is 0.500. The molecule has 0 saturated heterocycles. The third-order valence-electron chi connectivity index (χ3n) is 1.75. The Kier molecular flexibility index (Phi) is 4.07. The molecule has 5 N–H and O–H groups in total. The summed E-state index contributed by atoms with van der Waals surface area (Å²) in [6, 6.07) is 0.743. The Morgan fingerprint density at radius 3 is 2.69 bits per heavy atom. The number of aromatic hydroxyl groups is 1. The molecule has 3 amide bonds. The molecular weight excluding hydrogens is 212 g/mol. The van der Waals surface area contributed by atoms with Crippen LogP contribution in [0.25, 0.3) is 0 Å². The summed E-state index contributed by atoms with van der Waals surface area (Å²) >= 11 is 0. The zero-order valence-electron chi connectivity index (χ0n) is 8.43. The minimum Gasteiger partial charge on any atom is -0.505 e. The predicted molar refractivity (Wildman–Crippen MR) is 55.8 cm³/mol. The van der Waals surface area contributed by atoms with E-state index in [1.807, 2.05) is 0 Å². The minimum absolute atomic E-state index is 0.133. The van der Waals surface area contributed by atoms with Crippen molar-refractivity contribution in [1.82, 2.24) is 15.6 Å². The summed E-state index contributed by atoms with van der Waals surface area (Å²) in [5.74, 6) is -0.631. The molecule has 0 aromatic carbocycles. The molecule has 0 atom stereocenters. The molecule has 7 heteroatoms. The van der Waals surface area contributed by atoms with Gasteiger partial charge in [-0.15, -0.1) is 0 Å². The highest BCUT2D eigenvalue weighted by atomic mass is 16.3. The number of rotatable bonds is 4.